The first-order valence-electron chi connectivity index (χ1n) is 6.22. The van der Waals surface area contributed by atoms with Crippen LogP contribution in [-0.4, -0.2) is 12.7 Å². The lowest BCUT2D eigenvalue weighted by Gasteiger charge is -2.39. The molecule has 1 rings (SSSR count). The van der Waals surface area contributed by atoms with Crippen LogP contribution < -0.4 is 11.3 Å². The van der Waals surface area contributed by atoms with Gasteiger partial charge in [0.05, 0.1) is 11.6 Å². The number of nitrogens with two attached hydrogens (primary N) is 1. The van der Waals surface area contributed by atoms with Gasteiger partial charge >= 0.3 is 0 Å². The summed E-state index contributed by atoms with van der Waals surface area (Å²) in [4.78, 5) is 0. The molecule has 3 nitrogen and oxygen atoms in total. The van der Waals surface area contributed by atoms with E-state index in [9.17, 15) is 0 Å². The lowest BCUT2D eigenvalue weighted by atomic mass is 9.82. The van der Waals surface area contributed by atoms with E-state index in [1.54, 1.807) is 7.11 Å². The van der Waals surface area contributed by atoms with Crippen molar-refractivity contribution in [3.8, 4) is 0 Å². The first-order chi connectivity index (χ1) is 8.15. The summed E-state index contributed by atoms with van der Waals surface area (Å²) in [5.41, 5.74) is 5.12. The van der Waals surface area contributed by atoms with Gasteiger partial charge < -0.3 is 4.74 Å². The molecule has 0 bridgehead atoms. The molecule has 0 saturated carbocycles. The van der Waals surface area contributed by atoms with Gasteiger partial charge in [0.25, 0.3) is 0 Å². The molecule has 0 aliphatic carbocycles. The Morgan fingerprint density at radius 1 is 1.29 bits per heavy atom. The summed E-state index contributed by atoms with van der Waals surface area (Å²) in [6, 6.07) is 8.31. The number of aryl methyl sites for hydroxylation is 1. The van der Waals surface area contributed by atoms with Gasteiger partial charge in [-0.25, -0.2) is 0 Å². The molecule has 0 fully saturated rings. The predicted octanol–water partition coefficient (Wildman–Crippen LogP) is 2.70. The van der Waals surface area contributed by atoms with E-state index in [0.29, 0.717) is 0 Å². The van der Waals surface area contributed by atoms with E-state index < -0.39 is 0 Å². The number of methoxy groups -OCH3 is 1. The van der Waals surface area contributed by atoms with Crippen molar-refractivity contribution in [2.75, 3.05) is 7.11 Å². The Labute approximate surface area is 104 Å². The summed E-state index contributed by atoms with van der Waals surface area (Å²) in [5.74, 6) is 5.76. The molecule has 3 N–H and O–H groups in total. The van der Waals surface area contributed by atoms with E-state index in [4.69, 9.17) is 10.6 Å². The zero-order chi connectivity index (χ0) is 12.9. The molecule has 1 unspecified atom stereocenters. The molecule has 0 aliphatic rings. The quantitative estimate of drug-likeness (QED) is 0.589. The molecule has 1 aromatic carbocycles. The van der Waals surface area contributed by atoms with Crippen molar-refractivity contribution in [1.29, 1.82) is 0 Å². The van der Waals surface area contributed by atoms with Crippen molar-refractivity contribution >= 4 is 0 Å². The Balaban J connectivity index is 3.18. The Hall–Kier alpha value is -0.900. The minimum atomic E-state index is -0.249. The third kappa shape index (κ3) is 2.68. The van der Waals surface area contributed by atoms with Gasteiger partial charge in [0.15, 0.2) is 0 Å². The third-order valence-corrected chi connectivity index (χ3v) is 3.80. The number of hydrogen-bond acceptors (Lipinski definition) is 3. The molecule has 0 radical (unpaired) electrons. The second-order valence-corrected chi connectivity index (χ2v) is 4.43. The molecular weight excluding hydrogens is 212 g/mol. The Kier molecular flexibility index (Phi) is 5.12. The largest absolute Gasteiger partial charge is 0.376 e. The van der Waals surface area contributed by atoms with E-state index in [1.165, 1.54) is 11.1 Å². The van der Waals surface area contributed by atoms with Gasteiger partial charge in [0.2, 0.25) is 0 Å². The van der Waals surface area contributed by atoms with Crippen molar-refractivity contribution in [2.45, 2.75) is 45.3 Å². The highest BCUT2D eigenvalue weighted by Gasteiger charge is 2.36. The van der Waals surface area contributed by atoms with Crippen molar-refractivity contribution in [1.82, 2.24) is 5.43 Å². The van der Waals surface area contributed by atoms with Crippen LogP contribution in [0.5, 0.6) is 0 Å². The number of ether oxygens (including phenoxy) is 1. The first-order valence-corrected chi connectivity index (χ1v) is 6.22. The van der Waals surface area contributed by atoms with Gasteiger partial charge in [-0.2, -0.15) is 0 Å². The maximum atomic E-state index is 5.76. The van der Waals surface area contributed by atoms with Gasteiger partial charge in [0.1, 0.15) is 0 Å². The highest BCUT2D eigenvalue weighted by Crippen LogP contribution is 2.35. The molecule has 0 aromatic heterocycles. The lowest BCUT2D eigenvalue weighted by Crippen LogP contribution is -2.47. The first kappa shape index (κ1) is 14.2. The Bertz CT molecular complexity index is 340. The van der Waals surface area contributed by atoms with E-state index in [2.05, 4.69) is 38.3 Å². The zero-order valence-corrected chi connectivity index (χ0v) is 11.3. The van der Waals surface area contributed by atoms with E-state index in [1.807, 2.05) is 12.1 Å². The second kappa shape index (κ2) is 6.15. The third-order valence-electron chi connectivity index (χ3n) is 3.80. The van der Waals surface area contributed by atoms with E-state index in [0.717, 1.165) is 12.8 Å². The molecule has 0 heterocycles. The smallest absolute Gasteiger partial charge is 0.0880 e. The van der Waals surface area contributed by atoms with Gasteiger partial charge in [-0.1, -0.05) is 38.1 Å². The van der Waals surface area contributed by atoms with Crippen molar-refractivity contribution in [3.63, 3.8) is 0 Å². The minimum Gasteiger partial charge on any atom is -0.376 e. The van der Waals surface area contributed by atoms with Crippen LogP contribution in [0.25, 0.3) is 0 Å². The second-order valence-electron chi connectivity index (χ2n) is 4.43. The molecule has 96 valence electrons. The van der Waals surface area contributed by atoms with Crippen LogP contribution in [0.1, 0.15) is 43.9 Å². The van der Waals surface area contributed by atoms with E-state index in [-0.39, 0.29) is 11.6 Å². The molecule has 1 aromatic rings. The van der Waals surface area contributed by atoms with Gasteiger partial charge in [-0.05, 0) is 30.9 Å². The van der Waals surface area contributed by atoms with E-state index >= 15 is 0 Å². The summed E-state index contributed by atoms with van der Waals surface area (Å²) in [6.45, 7) is 6.37. The van der Waals surface area contributed by atoms with Crippen LogP contribution in [0, 0.1) is 6.92 Å². The number of rotatable bonds is 6. The van der Waals surface area contributed by atoms with Crippen molar-refractivity contribution < 1.29 is 4.74 Å². The molecule has 0 amide bonds. The molecule has 0 spiro atoms. The standard InChI is InChI=1S/C14H24N2O/c1-5-14(6-2,17-4)13(16-15)12-10-8-7-9-11(12)3/h7-10,13,16H,5-6,15H2,1-4H3. The average Bonchev–Trinajstić information content (AvgIpc) is 2.38. The summed E-state index contributed by atoms with van der Waals surface area (Å²) in [6.07, 6.45) is 1.84. The highest BCUT2D eigenvalue weighted by molar-refractivity contribution is 5.30. The maximum absolute atomic E-state index is 5.76. The molecule has 3 heteroatoms. The summed E-state index contributed by atoms with van der Waals surface area (Å²) in [7, 11) is 1.76. The monoisotopic (exact) mass is 236 g/mol. The van der Waals surface area contributed by atoms with Crippen LogP contribution in [0.4, 0.5) is 0 Å². The Morgan fingerprint density at radius 2 is 1.88 bits per heavy atom. The molecule has 0 aliphatic heterocycles. The molecule has 17 heavy (non-hydrogen) atoms. The average molecular weight is 236 g/mol. The van der Waals surface area contributed by atoms with Crippen LogP contribution in [-0.2, 0) is 4.74 Å². The summed E-state index contributed by atoms with van der Waals surface area (Å²) < 4.78 is 5.76. The van der Waals surface area contributed by atoms with Gasteiger partial charge in [-0.15, -0.1) is 0 Å². The Morgan fingerprint density at radius 3 is 2.29 bits per heavy atom. The highest BCUT2D eigenvalue weighted by atomic mass is 16.5. The van der Waals surface area contributed by atoms with Crippen LogP contribution in [0.15, 0.2) is 24.3 Å². The van der Waals surface area contributed by atoms with Crippen LogP contribution >= 0.6 is 0 Å². The maximum Gasteiger partial charge on any atom is 0.0880 e. The zero-order valence-electron chi connectivity index (χ0n) is 11.3. The van der Waals surface area contributed by atoms with Crippen molar-refractivity contribution in [2.24, 2.45) is 5.84 Å². The SMILES string of the molecule is CCC(CC)(OC)C(NN)c1ccccc1C. The predicted molar refractivity (Wildman–Crippen MR) is 71.6 cm³/mol. The topological polar surface area (TPSA) is 47.3 Å². The fourth-order valence-corrected chi connectivity index (χ4v) is 2.50. The summed E-state index contributed by atoms with van der Waals surface area (Å²) >= 11 is 0. The molecule has 1 atom stereocenters. The van der Waals surface area contributed by atoms with Crippen LogP contribution in [0.3, 0.4) is 0 Å². The number of nitrogens with one attached hydrogen (secondary N) is 1. The number of hydrogen-bond donors (Lipinski definition) is 2. The van der Waals surface area contributed by atoms with Crippen LogP contribution in [0.2, 0.25) is 0 Å². The lowest BCUT2D eigenvalue weighted by molar-refractivity contribution is -0.0488. The summed E-state index contributed by atoms with van der Waals surface area (Å²) in [5, 5.41) is 0. The fraction of sp³-hybridized carbons (Fsp3) is 0.571. The minimum absolute atomic E-state index is 0.0173. The molecular formula is C14H24N2O. The van der Waals surface area contributed by atoms with Gasteiger partial charge in [0, 0.05) is 7.11 Å². The number of hydrazine groups is 1. The number of benzene rings is 1. The van der Waals surface area contributed by atoms with Gasteiger partial charge in [-0.3, -0.25) is 11.3 Å². The normalized spacial score (nSPS) is 13.7. The molecule has 0 saturated heterocycles. The van der Waals surface area contributed by atoms with Crippen molar-refractivity contribution in [3.05, 3.63) is 35.4 Å². The fourth-order valence-electron chi connectivity index (χ4n) is 2.50.